The summed E-state index contributed by atoms with van der Waals surface area (Å²) in [7, 11) is 0. The molecular formula is C15H13Cl2N5O. The summed E-state index contributed by atoms with van der Waals surface area (Å²) in [6.45, 7) is 0.512. The number of H-pyrrole nitrogens is 1. The van der Waals surface area contributed by atoms with Crippen LogP contribution in [0.15, 0.2) is 43.1 Å². The highest BCUT2D eigenvalue weighted by Gasteiger charge is 2.10. The number of nitrogens with zero attached hydrogens (tertiary/aromatic N) is 3. The number of rotatable bonds is 5. The molecule has 118 valence electrons. The smallest absolute Gasteiger partial charge is 0.271 e. The minimum absolute atomic E-state index is 0.229. The summed E-state index contributed by atoms with van der Waals surface area (Å²) in [6, 6.07) is 5.21. The van der Waals surface area contributed by atoms with Crippen LogP contribution in [0.25, 0.3) is 5.69 Å². The average molecular weight is 350 g/mol. The number of aromatic nitrogens is 4. The maximum Gasteiger partial charge on any atom is 0.271 e. The van der Waals surface area contributed by atoms with E-state index in [-0.39, 0.29) is 5.91 Å². The zero-order valence-corrected chi connectivity index (χ0v) is 13.5. The summed E-state index contributed by atoms with van der Waals surface area (Å²) in [4.78, 5) is 16.2. The summed E-state index contributed by atoms with van der Waals surface area (Å²) < 4.78 is 1.72. The summed E-state index contributed by atoms with van der Waals surface area (Å²) in [6.07, 6.45) is 7.43. The molecule has 2 heterocycles. The Morgan fingerprint density at radius 2 is 2.17 bits per heavy atom. The Morgan fingerprint density at radius 3 is 2.91 bits per heavy atom. The SMILES string of the molecule is O=C(NCCc1cn[nH]c1)c1cn(-c2ccc(Cl)c(Cl)c2)cn1. The van der Waals surface area contributed by atoms with E-state index in [0.29, 0.717) is 28.7 Å². The van der Waals surface area contributed by atoms with Crippen LogP contribution in [0.5, 0.6) is 0 Å². The molecule has 0 aliphatic rings. The molecule has 1 amide bonds. The Hall–Kier alpha value is -2.31. The number of carbonyl (C=O) groups excluding carboxylic acids is 1. The lowest BCUT2D eigenvalue weighted by molar-refractivity contribution is 0.0949. The molecule has 23 heavy (non-hydrogen) atoms. The van der Waals surface area contributed by atoms with Crippen LogP contribution in [-0.4, -0.2) is 32.2 Å². The van der Waals surface area contributed by atoms with E-state index in [0.717, 1.165) is 11.3 Å². The van der Waals surface area contributed by atoms with E-state index in [9.17, 15) is 4.79 Å². The Morgan fingerprint density at radius 1 is 1.30 bits per heavy atom. The van der Waals surface area contributed by atoms with Gasteiger partial charge in [0.2, 0.25) is 0 Å². The van der Waals surface area contributed by atoms with Crippen molar-refractivity contribution in [3.05, 3.63) is 64.4 Å². The maximum absolute atomic E-state index is 12.1. The normalized spacial score (nSPS) is 10.7. The predicted molar refractivity (Wildman–Crippen MR) is 88.2 cm³/mol. The first-order valence-corrected chi connectivity index (χ1v) is 7.64. The third kappa shape index (κ3) is 3.72. The maximum atomic E-state index is 12.1. The number of hydrogen-bond acceptors (Lipinski definition) is 3. The molecule has 3 rings (SSSR count). The number of carbonyl (C=O) groups is 1. The van der Waals surface area contributed by atoms with Crippen LogP contribution < -0.4 is 5.32 Å². The number of nitrogens with one attached hydrogen (secondary N) is 2. The highest BCUT2D eigenvalue weighted by Crippen LogP contribution is 2.24. The van der Waals surface area contributed by atoms with Gasteiger partial charge in [0.25, 0.3) is 5.91 Å². The van der Waals surface area contributed by atoms with Crippen molar-refractivity contribution in [3.63, 3.8) is 0 Å². The van der Waals surface area contributed by atoms with Crippen molar-refractivity contribution < 1.29 is 4.79 Å². The van der Waals surface area contributed by atoms with Crippen LogP contribution in [0.2, 0.25) is 10.0 Å². The number of halogens is 2. The first-order valence-electron chi connectivity index (χ1n) is 6.89. The van der Waals surface area contributed by atoms with Crippen molar-refractivity contribution in [3.8, 4) is 5.69 Å². The highest BCUT2D eigenvalue weighted by molar-refractivity contribution is 6.42. The molecule has 8 heteroatoms. The molecule has 0 fully saturated rings. The molecule has 6 nitrogen and oxygen atoms in total. The molecule has 0 unspecified atom stereocenters. The zero-order valence-electron chi connectivity index (χ0n) is 12.0. The summed E-state index contributed by atoms with van der Waals surface area (Å²) in [5, 5.41) is 10.3. The van der Waals surface area contributed by atoms with Crippen molar-refractivity contribution in [2.24, 2.45) is 0 Å². The van der Waals surface area contributed by atoms with Crippen LogP contribution >= 0.6 is 23.2 Å². The molecule has 3 aromatic rings. The fourth-order valence-corrected chi connectivity index (χ4v) is 2.34. The molecule has 0 spiro atoms. The first-order chi connectivity index (χ1) is 11.1. The summed E-state index contributed by atoms with van der Waals surface area (Å²) in [5.41, 5.74) is 2.15. The monoisotopic (exact) mass is 349 g/mol. The van der Waals surface area contributed by atoms with Crippen LogP contribution in [0.4, 0.5) is 0 Å². The minimum Gasteiger partial charge on any atom is -0.350 e. The van der Waals surface area contributed by atoms with Crippen molar-refractivity contribution in [1.29, 1.82) is 0 Å². The van der Waals surface area contributed by atoms with E-state index in [2.05, 4.69) is 20.5 Å². The van der Waals surface area contributed by atoms with Gasteiger partial charge in [-0.2, -0.15) is 5.10 Å². The van der Waals surface area contributed by atoms with Crippen molar-refractivity contribution >= 4 is 29.1 Å². The second kappa shape index (κ2) is 6.85. The molecule has 0 aliphatic carbocycles. The number of aromatic amines is 1. The van der Waals surface area contributed by atoms with Gasteiger partial charge in [-0.15, -0.1) is 0 Å². The van der Waals surface area contributed by atoms with Gasteiger partial charge in [0, 0.05) is 24.6 Å². The molecule has 0 bridgehead atoms. The number of amides is 1. The fraction of sp³-hybridized carbons (Fsp3) is 0.133. The Bertz CT molecular complexity index is 813. The molecular weight excluding hydrogens is 337 g/mol. The van der Waals surface area contributed by atoms with E-state index in [1.54, 1.807) is 47.7 Å². The van der Waals surface area contributed by atoms with Gasteiger partial charge in [-0.25, -0.2) is 4.98 Å². The van der Waals surface area contributed by atoms with Crippen molar-refractivity contribution in [2.75, 3.05) is 6.54 Å². The molecule has 0 saturated carbocycles. The molecule has 1 aromatic carbocycles. The van der Waals surface area contributed by atoms with Gasteiger partial charge in [0.15, 0.2) is 0 Å². The highest BCUT2D eigenvalue weighted by atomic mass is 35.5. The molecule has 2 aromatic heterocycles. The van der Waals surface area contributed by atoms with E-state index >= 15 is 0 Å². The van der Waals surface area contributed by atoms with Crippen LogP contribution in [0.1, 0.15) is 16.1 Å². The minimum atomic E-state index is -0.229. The first kappa shape index (κ1) is 15.6. The van der Waals surface area contributed by atoms with E-state index in [1.165, 1.54) is 0 Å². The third-order valence-corrected chi connectivity index (χ3v) is 4.01. The summed E-state index contributed by atoms with van der Waals surface area (Å²) >= 11 is 11.9. The quantitative estimate of drug-likeness (QED) is 0.743. The van der Waals surface area contributed by atoms with Gasteiger partial charge < -0.3 is 9.88 Å². The lowest BCUT2D eigenvalue weighted by Crippen LogP contribution is -2.25. The predicted octanol–water partition coefficient (Wildman–Crippen LogP) is 2.87. The van der Waals surface area contributed by atoms with E-state index in [1.807, 2.05) is 0 Å². The molecule has 2 N–H and O–H groups in total. The number of hydrogen-bond donors (Lipinski definition) is 2. The van der Waals surface area contributed by atoms with Gasteiger partial charge >= 0.3 is 0 Å². The Balaban J connectivity index is 1.63. The standard InChI is InChI=1S/C15H13Cl2N5O/c16-12-2-1-11(5-13(12)17)22-8-14(19-9-22)15(23)18-4-3-10-6-20-21-7-10/h1-2,5-9H,3-4H2,(H,18,23)(H,20,21). The van der Waals surface area contributed by atoms with Crippen LogP contribution in [-0.2, 0) is 6.42 Å². The lowest BCUT2D eigenvalue weighted by Gasteiger charge is -2.03. The Labute approximate surface area is 142 Å². The van der Waals surface area contributed by atoms with Gasteiger partial charge in [-0.3, -0.25) is 9.89 Å². The molecule has 0 atom stereocenters. The molecule has 0 saturated heterocycles. The largest absolute Gasteiger partial charge is 0.350 e. The van der Waals surface area contributed by atoms with E-state index in [4.69, 9.17) is 23.2 Å². The average Bonchev–Trinajstić information content (AvgIpc) is 3.21. The second-order valence-electron chi connectivity index (χ2n) is 4.88. The van der Waals surface area contributed by atoms with Gasteiger partial charge in [-0.05, 0) is 30.2 Å². The third-order valence-electron chi connectivity index (χ3n) is 3.27. The van der Waals surface area contributed by atoms with Crippen LogP contribution in [0, 0.1) is 0 Å². The Kier molecular flexibility index (Phi) is 4.64. The topological polar surface area (TPSA) is 75.6 Å². The van der Waals surface area contributed by atoms with Crippen molar-refractivity contribution in [2.45, 2.75) is 6.42 Å². The van der Waals surface area contributed by atoms with Gasteiger partial charge in [-0.1, -0.05) is 23.2 Å². The zero-order chi connectivity index (χ0) is 16.2. The van der Waals surface area contributed by atoms with Crippen LogP contribution in [0.3, 0.4) is 0 Å². The lowest BCUT2D eigenvalue weighted by atomic mass is 10.2. The number of imidazole rings is 1. The molecule has 0 aliphatic heterocycles. The number of benzene rings is 1. The fourth-order valence-electron chi connectivity index (χ4n) is 2.05. The van der Waals surface area contributed by atoms with Gasteiger partial charge in [0.05, 0.1) is 16.2 Å². The van der Waals surface area contributed by atoms with Gasteiger partial charge in [0.1, 0.15) is 12.0 Å². The molecule has 0 radical (unpaired) electrons. The second-order valence-corrected chi connectivity index (χ2v) is 5.69. The van der Waals surface area contributed by atoms with E-state index < -0.39 is 0 Å². The van der Waals surface area contributed by atoms with Crippen molar-refractivity contribution in [1.82, 2.24) is 25.1 Å². The summed E-state index contributed by atoms with van der Waals surface area (Å²) in [5.74, 6) is -0.229.